The van der Waals surface area contributed by atoms with E-state index in [1.165, 1.54) is 0 Å². The predicted octanol–water partition coefficient (Wildman–Crippen LogP) is 2.66. The molecular formula is C21H30N2O4. The number of benzene rings is 1. The van der Waals surface area contributed by atoms with Gasteiger partial charge in [0.05, 0.1) is 0 Å². The van der Waals surface area contributed by atoms with Gasteiger partial charge in [-0.1, -0.05) is 32.9 Å². The molecule has 1 heterocycles. The first kappa shape index (κ1) is 20.9. The van der Waals surface area contributed by atoms with Gasteiger partial charge in [-0.2, -0.15) is 0 Å². The molecule has 1 aromatic rings. The fourth-order valence-corrected chi connectivity index (χ4v) is 2.98. The van der Waals surface area contributed by atoms with Gasteiger partial charge in [0, 0.05) is 18.7 Å². The molecule has 0 spiro atoms. The minimum absolute atomic E-state index is 0.00409. The van der Waals surface area contributed by atoms with Gasteiger partial charge in [0.25, 0.3) is 11.8 Å². The average molecular weight is 374 g/mol. The van der Waals surface area contributed by atoms with Gasteiger partial charge < -0.3 is 15.0 Å². The summed E-state index contributed by atoms with van der Waals surface area (Å²) >= 11 is 0. The molecule has 0 bridgehead atoms. The van der Waals surface area contributed by atoms with E-state index in [9.17, 15) is 14.4 Å². The molecule has 1 N–H and O–H groups in total. The van der Waals surface area contributed by atoms with E-state index in [1.807, 2.05) is 12.1 Å². The van der Waals surface area contributed by atoms with Crippen molar-refractivity contribution in [2.75, 3.05) is 13.1 Å². The Morgan fingerprint density at radius 2 is 1.59 bits per heavy atom. The molecule has 0 saturated carbocycles. The quantitative estimate of drug-likeness (QED) is 0.804. The van der Waals surface area contributed by atoms with Crippen LogP contribution < -0.4 is 5.32 Å². The Hall–Kier alpha value is -2.37. The van der Waals surface area contributed by atoms with Crippen LogP contribution in [0.5, 0.6) is 0 Å². The molecule has 1 aliphatic heterocycles. The van der Waals surface area contributed by atoms with Gasteiger partial charge in [-0.3, -0.25) is 9.59 Å². The molecule has 2 amide bonds. The van der Waals surface area contributed by atoms with Crippen molar-refractivity contribution in [2.45, 2.75) is 65.0 Å². The molecule has 1 aromatic carbocycles. The number of nitrogens with one attached hydrogen (secondary N) is 1. The smallest absolute Gasteiger partial charge is 0.329 e. The van der Waals surface area contributed by atoms with Gasteiger partial charge in [0.15, 0.2) is 6.10 Å². The van der Waals surface area contributed by atoms with Crippen molar-refractivity contribution in [3.8, 4) is 0 Å². The lowest BCUT2D eigenvalue weighted by Gasteiger charge is -2.22. The van der Waals surface area contributed by atoms with Crippen molar-refractivity contribution in [1.82, 2.24) is 10.2 Å². The number of carbonyl (C=O) groups is 3. The fourth-order valence-electron chi connectivity index (χ4n) is 2.98. The maximum atomic E-state index is 12.4. The zero-order chi connectivity index (χ0) is 20.2. The van der Waals surface area contributed by atoms with Gasteiger partial charge in [0.1, 0.15) is 6.04 Å². The number of esters is 1. The highest BCUT2D eigenvalue weighted by molar-refractivity contribution is 5.97. The summed E-state index contributed by atoms with van der Waals surface area (Å²) in [6.07, 6.45) is 1.11. The van der Waals surface area contributed by atoms with E-state index in [0.29, 0.717) is 18.7 Å². The van der Waals surface area contributed by atoms with Crippen LogP contribution in [0.4, 0.5) is 0 Å². The summed E-state index contributed by atoms with van der Waals surface area (Å²) in [4.78, 5) is 38.5. The summed E-state index contributed by atoms with van der Waals surface area (Å²) in [5.41, 5.74) is 1.61. The molecule has 0 radical (unpaired) electrons. The normalized spacial score (nSPS) is 16.6. The standard InChI is InChI=1S/C21H30N2O4/c1-14(20(26)27-15(2)19(25)23-12-6-7-13-23)22-18(24)16-8-10-17(11-9-16)21(3,4)5/h8-11,14-15H,6-7,12-13H2,1-5H3,(H,22,24). The van der Waals surface area contributed by atoms with Gasteiger partial charge >= 0.3 is 5.97 Å². The summed E-state index contributed by atoms with van der Waals surface area (Å²) in [6.45, 7) is 10.8. The summed E-state index contributed by atoms with van der Waals surface area (Å²) < 4.78 is 5.24. The Morgan fingerprint density at radius 3 is 2.11 bits per heavy atom. The second kappa shape index (κ2) is 8.55. The lowest BCUT2D eigenvalue weighted by atomic mass is 9.86. The molecule has 0 aliphatic carbocycles. The molecule has 1 fully saturated rings. The minimum atomic E-state index is -0.846. The topological polar surface area (TPSA) is 75.7 Å². The molecule has 2 unspecified atom stereocenters. The Labute approximate surface area is 161 Å². The number of amides is 2. The molecule has 27 heavy (non-hydrogen) atoms. The third-order valence-corrected chi connectivity index (χ3v) is 4.77. The number of hydrogen-bond donors (Lipinski definition) is 1. The number of hydrogen-bond acceptors (Lipinski definition) is 4. The van der Waals surface area contributed by atoms with Crippen LogP contribution in [0.2, 0.25) is 0 Å². The lowest BCUT2D eigenvalue weighted by molar-refractivity contribution is -0.159. The van der Waals surface area contributed by atoms with Crippen LogP contribution in [0.25, 0.3) is 0 Å². The number of nitrogens with zero attached hydrogens (tertiary/aromatic N) is 1. The Kier molecular flexibility index (Phi) is 6.63. The van der Waals surface area contributed by atoms with E-state index in [2.05, 4.69) is 26.1 Å². The van der Waals surface area contributed by atoms with Crippen LogP contribution in [0.1, 0.15) is 63.4 Å². The predicted molar refractivity (Wildman–Crippen MR) is 103 cm³/mol. The zero-order valence-electron chi connectivity index (χ0n) is 16.9. The van der Waals surface area contributed by atoms with Crippen LogP contribution >= 0.6 is 0 Å². The molecule has 148 valence electrons. The van der Waals surface area contributed by atoms with E-state index >= 15 is 0 Å². The first-order chi connectivity index (χ1) is 12.6. The number of rotatable bonds is 5. The van der Waals surface area contributed by atoms with Crippen molar-refractivity contribution >= 4 is 17.8 Å². The lowest BCUT2D eigenvalue weighted by Crippen LogP contribution is -2.44. The number of carbonyl (C=O) groups excluding carboxylic acids is 3. The van der Waals surface area contributed by atoms with E-state index in [4.69, 9.17) is 4.74 Å². The van der Waals surface area contributed by atoms with Crippen molar-refractivity contribution < 1.29 is 19.1 Å². The Balaban J connectivity index is 1.89. The van der Waals surface area contributed by atoms with Crippen LogP contribution in [0.15, 0.2) is 24.3 Å². The largest absolute Gasteiger partial charge is 0.451 e. The molecule has 6 heteroatoms. The molecule has 1 aliphatic rings. The molecule has 2 rings (SSSR count). The molecule has 6 nitrogen and oxygen atoms in total. The SMILES string of the molecule is CC(NC(=O)c1ccc(C(C)(C)C)cc1)C(=O)OC(C)C(=O)N1CCCC1. The first-order valence-corrected chi connectivity index (χ1v) is 9.50. The first-order valence-electron chi connectivity index (χ1n) is 9.50. The average Bonchev–Trinajstić information content (AvgIpc) is 3.14. The monoisotopic (exact) mass is 374 g/mol. The second-order valence-electron chi connectivity index (χ2n) is 8.13. The number of likely N-dealkylation sites (tertiary alicyclic amines) is 1. The van der Waals surface area contributed by atoms with Crippen molar-refractivity contribution in [3.05, 3.63) is 35.4 Å². The maximum Gasteiger partial charge on any atom is 0.329 e. The van der Waals surface area contributed by atoms with Crippen LogP contribution in [0, 0.1) is 0 Å². The van der Waals surface area contributed by atoms with Crippen molar-refractivity contribution in [2.24, 2.45) is 0 Å². The van der Waals surface area contributed by atoms with Gasteiger partial charge in [0.2, 0.25) is 0 Å². The molecule has 1 saturated heterocycles. The van der Waals surface area contributed by atoms with Crippen LogP contribution in [-0.2, 0) is 19.7 Å². The van der Waals surface area contributed by atoms with Crippen molar-refractivity contribution in [3.63, 3.8) is 0 Å². The van der Waals surface area contributed by atoms with E-state index in [1.54, 1.807) is 30.9 Å². The van der Waals surface area contributed by atoms with Crippen LogP contribution in [0.3, 0.4) is 0 Å². The highest BCUT2D eigenvalue weighted by atomic mass is 16.5. The minimum Gasteiger partial charge on any atom is -0.451 e. The summed E-state index contributed by atoms with van der Waals surface area (Å²) in [6, 6.07) is 6.47. The fraction of sp³-hybridized carbons (Fsp3) is 0.571. The molecule has 2 atom stereocenters. The van der Waals surface area contributed by atoms with Gasteiger partial charge in [-0.05, 0) is 49.8 Å². The highest BCUT2D eigenvalue weighted by Gasteiger charge is 2.28. The summed E-state index contributed by atoms with van der Waals surface area (Å²) in [7, 11) is 0. The zero-order valence-corrected chi connectivity index (χ0v) is 16.9. The van der Waals surface area contributed by atoms with E-state index in [0.717, 1.165) is 18.4 Å². The number of ether oxygens (including phenoxy) is 1. The highest BCUT2D eigenvalue weighted by Crippen LogP contribution is 2.22. The van der Waals surface area contributed by atoms with Crippen molar-refractivity contribution in [1.29, 1.82) is 0 Å². The van der Waals surface area contributed by atoms with E-state index in [-0.39, 0.29) is 17.2 Å². The Bertz CT molecular complexity index is 685. The van der Waals surface area contributed by atoms with Gasteiger partial charge in [-0.15, -0.1) is 0 Å². The third kappa shape index (κ3) is 5.55. The van der Waals surface area contributed by atoms with Gasteiger partial charge in [-0.25, -0.2) is 4.79 Å². The Morgan fingerprint density at radius 1 is 1.04 bits per heavy atom. The molecule has 0 aromatic heterocycles. The maximum absolute atomic E-state index is 12.4. The van der Waals surface area contributed by atoms with E-state index < -0.39 is 18.1 Å². The third-order valence-electron chi connectivity index (χ3n) is 4.77. The second-order valence-corrected chi connectivity index (χ2v) is 8.13. The van der Waals surface area contributed by atoms with Crippen LogP contribution in [-0.4, -0.2) is 47.9 Å². The summed E-state index contributed by atoms with van der Waals surface area (Å²) in [5, 5.41) is 2.63. The molecular weight excluding hydrogens is 344 g/mol. The summed E-state index contributed by atoms with van der Waals surface area (Å²) in [5.74, 6) is -1.15.